The van der Waals surface area contributed by atoms with Crippen LogP contribution >= 0.6 is 46.7 Å². The van der Waals surface area contributed by atoms with E-state index in [1.54, 1.807) is 18.4 Å². The Bertz CT molecular complexity index is 746. The standard InChI is InChI=1S/C20H31N5OS2.HI/c1-15(26-4)19-23-16(14-28-19)13-24(3)20(21-2)22-12-17(18-8-7-11-27-18)25-9-5-6-10-25;/h7-8,11,14-15,17H,5-6,9-10,12-13H2,1-4H3,(H,21,22);1H. The van der Waals surface area contributed by atoms with Crippen LogP contribution in [0.1, 0.15) is 47.5 Å². The first kappa shape index (κ1) is 24.5. The van der Waals surface area contributed by atoms with Crippen LogP contribution in [0.2, 0.25) is 0 Å². The topological polar surface area (TPSA) is 53.0 Å². The molecule has 3 heterocycles. The number of nitrogens with zero attached hydrogens (tertiary/aromatic N) is 4. The number of methoxy groups -OCH3 is 1. The predicted octanol–water partition coefficient (Wildman–Crippen LogP) is 4.37. The number of aromatic nitrogens is 1. The Balaban J connectivity index is 0.00000300. The molecule has 0 amide bonds. The van der Waals surface area contributed by atoms with Crippen LogP contribution in [0, 0.1) is 0 Å². The van der Waals surface area contributed by atoms with E-state index in [0.717, 1.165) is 29.8 Å². The molecule has 162 valence electrons. The summed E-state index contributed by atoms with van der Waals surface area (Å²) >= 11 is 3.49. The van der Waals surface area contributed by atoms with E-state index in [-0.39, 0.29) is 30.1 Å². The SMILES string of the molecule is CN=C(NCC(c1cccs1)N1CCCC1)N(C)Cc1csc(C(C)OC)n1.I. The fourth-order valence-corrected chi connectivity index (χ4v) is 5.22. The summed E-state index contributed by atoms with van der Waals surface area (Å²) in [7, 11) is 5.62. The van der Waals surface area contributed by atoms with E-state index in [2.05, 4.69) is 50.0 Å². The Kier molecular flexibility index (Phi) is 10.3. The molecule has 29 heavy (non-hydrogen) atoms. The molecule has 0 bridgehead atoms. The minimum absolute atomic E-state index is 0. The summed E-state index contributed by atoms with van der Waals surface area (Å²) in [5.41, 5.74) is 1.05. The lowest BCUT2D eigenvalue weighted by Gasteiger charge is -2.29. The highest BCUT2D eigenvalue weighted by Crippen LogP contribution is 2.28. The highest BCUT2D eigenvalue weighted by atomic mass is 127. The van der Waals surface area contributed by atoms with Crippen molar-refractivity contribution in [1.29, 1.82) is 0 Å². The smallest absolute Gasteiger partial charge is 0.193 e. The third kappa shape index (κ3) is 6.61. The number of ether oxygens (including phenoxy) is 1. The van der Waals surface area contributed by atoms with E-state index in [1.807, 2.05) is 25.3 Å². The predicted molar refractivity (Wildman–Crippen MR) is 134 cm³/mol. The van der Waals surface area contributed by atoms with Crippen LogP contribution in [-0.4, -0.2) is 61.6 Å². The molecule has 1 fully saturated rings. The first-order valence-electron chi connectivity index (χ1n) is 9.78. The van der Waals surface area contributed by atoms with Crippen molar-refractivity contribution in [1.82, 2.24) is 20.1 Å². The first-order chi connectivity index (χ1) is 13.6. The van der Waals surface area contributed by atoms with E-state index in [1.165, 1.54) is 30.8 Å². The van der Waals surface area contributed by atoms with Gasteiger partial charge in [-0.25, -0.2) is 4.98 Å². The summed E-state index contributed by atoms with van der Waals surface area (Å²) in [6.07, 6.45) is 2.62. The number of nitrogens with one attached hydrogen (secondary N) is 1. The lowest BCUT2D eigenvalue weighted by molar-refractivity contribution is 0.119. The number of aliphatic imine (C=N–C) groups is 1. The van der Waals surface area contributed by atoms with Crippen molar-refractivity contribution >= 4 is 52.6 Å². The van der Waals surface area contributed by atoms with Crippen molar-refractivity contribution in [3.05, 3.63) is 38.5 Å². The number of thiophene rings is 1. The zero-order valence-electron chi connectivity index (χ0n) is 17.6. The fraction of sp³-hybridized carbons (Fsp3) is 0.600. The monoisotopic (exact) mass is 549 g/mol. The molecule has 1 saturated heterocycles. The summed E-state index contributed by atoms with van der Waals surface area (Å²) in [5, 5.41) is 8.87. The molecule has 2 aromatic heterocycles. The van der Waals surface area contributed by atoms with Gasteiger partial charge in [0.1, 0.15) is 11.1 Å². The zero-order chi connectivity index (χ0) is 19.9. The van der Waals surface area contributed by atoms with Gasteiger partial charge in [0.2, 0.25) is 0 Å². The minimum atomic E-state index is 0. The minimum Gasteiger partial charge on any atom is -0.375 e. The van der Waals surface area contributed by atoms with Crippen molar-refractivity contribution in [3.63, 3.8) is 0 Å². The van der Waals surface area contributed by atoms with Gasteiger partial charge < -0.3 is 15.0 Å². The second kappa shape index (κ2) is 12.2. The Morgan fingerprint density at radius 2 is 2.14 bits per heavy atom. The van der Waals surface area contributed by atoms with E-state index in [0.29, 0.717) is 6.04 Å². The third-order valence-corrected chi connectivity index (χ3v) is 7.18. The number of halogens is 1. The molecular formula is C20H32IN5OS2. The van der Waals surface area contributed by atoms with E-state index in [9.17, 15) is 0 Å². The molecule has 1 aliphatic heterocycles. The number of hydrogen-bond acceptors (Lipinski definition) is 6. The number of guanidine groups is 1. The number of hydrogen-bond donors (Lipinski definition) is 1. The van der Waals surface area contributed by atoms with Crippen molar-refractivity contribution < 1.29 is 4.74 Å². The Morgan fingerprint density at radius 3 is 2.76 bits per heavy atom. The number of likely N-dealkylation sites (tertiary alicyclic amines) is 1. The number of thiazole rings is 1. The van der Waals surface area contributed by atoms with Gasteiger partial charge >= 0.3 is 0 Å². The van der Waals surface area contributed by atoms with Gasteiger partial charge in [-0.05, 0) is 44.3 Å². The maximum atomic E-state index is 5.37. The first-order valence-corrected chi connectivity index (χ1v) is 11.5. The summed E-state index contributed by atoms with van der Waals surface area (Å²) in [6, 6.07) is 4.79. The van der Waals surface area contributed by atoms with Crippen molar-refractivity contribution in [2.45, 2.75) is 38.5 Å². The molecular weight excluding hydrogens is 517 g/mol. The lowest BCUT2D eigenvalue weighted by Crippen LogP contribution is -2.43. The molecule has 9 heteroatoms. The molecule has 0 saturated carbocycles. The van der Waals surface area contributed by atoms with Gasteiger partial charge in [-0.15, -0.1) is 46.7 Å². The molecule has 2 unspecified atom stereocenters. The van der Waals surface area contributed by atoms with Gasteiger partial charge in [0.15, 0.2) is 5.96 Å². The van der Waals surface area contributed by atoms with Crippen LogP contribution in [0.25, 0.3) is 0 Å². The van der Waals surface area contributed by atoms with Gasteiger partial charge in [0.05, 0.1) is 18.3 Å². The highest BCUT2D eigenvalue weighted by molar-refractivity contribution is 14.0. The zero-order valence-corrected chi connectivity index (χ0v) is 21.6. The van der Waals surface area contributed by atoms with E-state index < -0.39 is 0 Å². The van der Waals surface area contributed by atoms with Crippen LogP contribution in [0.3, 0.4) is 0 Å². The van der Waals surface area contributed by atoms with E-state index >= 15 is 0 Å². The molecule has 1 aliphatic rings. The Morgan fingerprint density at radius 1 is 1.38 bits per heavy atom. The molecule has 0 aliphatic carbocycles. The molecule has 2 atom stereocenters. The van der Waals surface area contributed by atoms with Crippen molar-refractivity contribution in [3.8, 4) is 0 Å². The summed E-state index contributed by atoms with van der Waals surface area (Å²) < 4.78 is 5.37. The second-order valence-corrected chi connectivity index (χ2v) is 8.98. The second-order valence-electron chi connectivity index (χ2n) is 7.11. The quantitative estimate of drug-likeness (QED) is 0.301. The Labute approximate surface area is 199 Å². The normalized spacial score (nSPS) is 17.0. The maximum Gasteiger partial charge on any atom is 0.193 e. The summed E-state index contributed by atoms with van der Waals surface area (Å²) in [6.45, 7) is 5.96. The van der Waals surface area contributed by atoms with Crippen LogP contribution in [-0.2, 0) is 11.3 Å². The van der Waals surface area contributed by atoms with Gasteiger partial charge in [-0.1, -0.05) is 6.07 Å². The van der Waals surface area contributed by atoms with Crippen LogP contribution in [0.4, 0.5) is 0 Å². The van der Waals surface area contributed by atoms with Gasteiger partial charge in [-0.3, -0.25) is 9.89 Å². The fourth-order valence-electron chi connectivity index (χ4n) is 3.52. The molecule has 1 N–H and O–H groups in total. The summed E-state index contributed by atoms with van der Waals surface area (Å²) in [4.78, 5) is 15.3. The van der Waals surface area contributed by atoms with Crippen molar-refractivity contribution in [2.75, 3.05) is 40.8 Å². The Hall–Kier alpha value is -0.750. The number of rotatable bonds is 8. The average Bonchev–Trinajstić information content (AvgIpc) is 3.47. The largest absolute Gasteiger partial charge is 0.375 e. The van der Waals surface area contributed by atoms with Crippen LogP contribution in [0.15, 0.2) is 27.9 Å². The van der Waals surface area contributed by atoms with Gasteiger partial charge in [0.25, 0.3) is 0 Å². The molecule has 0 spiro atoms. The highest BCUT2D eigenvalue weighted by Gasteiger charge is 2.24. The average molecular weight is 550 g/mol. The van der Waals surface area contributed by atoms with Crippen molar-refractivity contribution in [2.24, 2.45) is 4.99 Å². The molecule has 2 aromatic rings. The van der Waals surface area contributed by atoms with Crippen LogP contribution in [0.5, 0.6) is 0 Å². The molecule has 3 rings (SSSR count). The molecule has 0 radical (unpaired) electrons. The van der Waals surface area contributed by atoms with Crippen LogP contribution < -0.4 is 5.32 Å². The van der Waals surface area contributed by atoms with Gasteiger partial charge in [-0.2, -0.15) is 0 Å². The summed E-state index contributed by atoms with van der Waals surface area (Å²) in [5.74, 6) is 0.898. The molecule has 6 nitrogen and oxygen atoms in total. The third-order valence-electron chi connectivity index (χ3n) is 5.15. The maximum absolute atomic E-state index is 5.37. The molecule has 0 aromatic carbocycles. The lowest BCUT2D eigenvalue weighted by atomic mass is 10.2. The van der Waals surface area contributed by atoms with Gasteiger partial charge in [0, 0.05) is 38.0 Å². The van der Waals surface area contributed by atoms with E-state index in [4.69, 9.17) is 9.72 Å².